The van der Waals surface area contributed by atoms with E-state index in [9.17, 15) is 13.2 Å². The minimum Gasteiger partial charge on any atom is -0.421 e. The molecule has 7 heteroatoms. The van der Waals surface area contributed by atoms with Crippen LogP contribution in [0.1, 0.15) is 12.1 Å². The summed E-state index contributed by atoms with van der Waals surface area (Å²) in [6, 6.07) is 4.82. The number of benzene rings is 1. The molecule has 18 heavy (non-hydrogen) atoms. The number of hydrogen-bond acceptors (Lipinski definition) is 3. The van der Waals surface area contributed by atoms with Gasteiger partial charge in [-0.1, -0.05) is 15.9 Å². The molecular formula is C11H6BrF3N2O. The molecule has 0 fully saturated rings. The van der Waals surface area contributed by atoms with Gasteiger partial charge in [-0.3, -0.25) is 0 Å². The molecule has 0 radical (unpaired) electrons. The van der Waals surface area contributed by atoms with Crippen LogP contribution in [0.4, 0.5) is 13.2 Å². The van der Waals surface area contributed by atoms with Crippen LogP contribution in [0.15, 0.2) is 34.9 Å². The van der Waals surface area contributed by atoms with E-state index in [0.717, 1.165) is 12.3 Å². The lowest BCUT2D eigenvalue weighted by Crippen LogP contribution is -1.97. The maximum Gasteiger partial charge on any atom is 0.322 e. The summed E-state index contributed by atoms with van der Waals surface area (Å²) in [5, 5.41) is 0. The number of halogens is 4. The highest BCUT2D eigenvalue weighted by Crippen LogP contribution is 2.25. The summed E-state index contributed by atoms with van der Waals surface area (Å²) in [4.78, 5) is 7.10. The zero-order valence-corrected chi connectivity index (χ0v) is 10.4. The highest BCUT2D eigenvalue weighted by molar-refractivity contribution is 9.10. The lowest BCUT2D eigenvalue weighted by atomic mass is 10.3. The minimum atomic E-state index is -2.73. The Morgan fingerprint density at radius 1 is 1.22 bits per heavy atom. The molecule has 0 aliphatic rings. The molecule has 1 heterocycles. The van der Waals surface area contributed by atoms with Crippen molar-refractivity contribution in [2.45, 2.75) is 6.43 Å². The van der Waals surface area contributed by atoms with Gasteiger partial charge in [0.25, 0.3) is 6.43 Å². The van der Waals surface area contributed by atoms with Crippen LogP contribution >= 0.6 is 15.9 Å². The van der Waals surface area contributed by atoms with E-state index >= 15 is 0 Å². The van der Waals surface area contributed by atoms with Gasteiger partial charge in [-0.2, -0.15) is 4.98 Å². The van der Waals surface area contributed by atoms with E-state index in [0.29, 0.717) is 4.47 Å². The molecule has 0 atom stereocenters. The van der Waals surface area contributed by atoms with E-state index in [1.165, 1.54) is 12.1 Å². The van der Waals surface area contributed by atoms with Crippen LogP contribution in [-0.2, 0) is 0 Å². The lowest BCUT2D eigenvalue weighted by Gasteiger charge is -2.06. The van der Waals surface area contributed by atoms with E-state index in [2.05, 4.69) is 25.9 Å². The molecule has 94 valence electrons. The molecule has 0 saturated heterocycles. The Balaban J connectivity index is 2.25. The molecule has 0 saturated carbocycles. The molecule has 0 unspecified atom stereocenters. The maximum atomic E-state index is 13.4. The maximum absolute atomic E-state index is 13.4. The van der Waals surface area contributed by atoms with Gasteiger partial charge in [-0.15, -0.1) is 0 Å². The van der Waals surface area contributed by atoms with Gasteiger partial charge in [0.15, 0.2) is 11.6 Å². The van der Waals surface area contributed by atoms with Gasteiger partial charge < -0.3 is 4.74 Å². The van der Waals surface area contributed by atoms with Crippen LogP contribution in [0.3, 0.4) is 0 Å². The summed E-state index contributed by atoms with van der Waals surface area (Å²) >= 11 is 3.09. The molecular weight excluding hydrogens is 313 g/mol. The highest BCUT2D eigenvalue weighted by atomic mass is 79.9. The van der Waals surface area contributed by atoms with E-state index in [1.54, 1.807) is 6.07 Å². The van der Waals surface area contributed by atoms with Gasteiger partial charge in [0.2, 0.25) is 0 Å². The topological polar surface area (TPSA) is 35.0 Å². The van der Waals surface area contributed by atoms with Crippen molar-refractivity contribution in [2.75, 3.05) is 0 Å². The number of nitrogens with zero attached hydrogens (tertiary/aromatic N) is 2. The summed E-state index contributed by atoms with van der Waals surface area (Å²) < 4.78 is 43.8. The van der Waals surface area contributed by atoms with Crippen molar-refractivity contribution in [3.05, 3.63) is 46.4 Å². The first-order valence-electron chi connectivity index (χ1n) is 4.80. The molecule has 3 nitrogen and oxygen atoms in total. The smallest absolute Gasteiger partial charge is 0.322 e. The summed E-state index contributed by atoms with van der Waals surface area (Å²) in [5.74, 6) is -0.778. The van der Waals surface area contributed by atoms with Gasteiger partial charge in [-0.05, 0) is 24.3 Å². The average Bonchev–Trinajstić information content (AvgIpc) is 2.33. The summed E-state index contributed by atoms with van der Waals surface area (Å²) in [5.41, 5.74) is -0.475. The fraction of sp³-hybridized carbons (Fsp3) is 0.0909. The Morgan fingerprint density at radius 2 is 2.00 bits per heavy atom. The molecule has 1 aromatic heterocycles. The van der Waals surface area contributed by atoms with Crippen LogP contribution in [-0.4, -0.2) is 9.97 Å². The zero-order valence-electron chi connectivity index (χ0n) is 8.78. The van der Waals surface area contributed by atoms with Gasteiger partial charge in [-0.25, -0.2) is 18.2 Å². The second kappa shape index (κ2) is 5.34. The number of alkyl halides is 2. The molecule has 0 amide bonds. The molecule has 0 aliphatic heterocycles. The predicted molar refractivity (Wildman–Crippen MR) is 61.2 cm³/mol. The van der Waals surface area contributed by atoms with Crippen LogP contribution in [0.2, 0.25) is 0 Å². The molecule has 2 rings (SSSR count). The third-order valence-corrected chi connectivity index (χ3v) is 2.47. The highest BCUT2D eigenvalue weighted by Gasteiger charge is 2.12. The largest absolute Gasteiger partial charge is 0.421 e. The lowest BCUT2D eigenvalue weighted by molar-refractivity contribution is 0.145. The first-order chi connectivity index (χ1) is 8.56. The van der Waals surface area contributed by atoms with Crippen molar-refractivity contribution in [1.29, 1.82) is 0 Å². The SMILES string of the molecule is Fc1cc(Br)ccc1Oc1nccc(C(F)F)n1. The number of rotatable bonds is 3. The average molecular weight is 319 g/mol. The van der Waals surface area contributed by atoms with Crippen LogP contribution in [0, 0.1) is 5.82 Å². The van der Waals surface area contributed by atoms with Crippen molar-refractivity contribution in [3.8, 4) is 11.8 Å². The standard InChI is InChI=1S/C11H6BrF3N2O/c12-6-1-2-9(7(13)5-6)18-11-16-4-3-8(17-11)10(14)15/h1-5,10H. The van der Waals surface area contributed by atoms with E-state index in [1.807, 2.05) is 0 Å². The summed E-state index contributed by atoms with van der Waals surface area (Å²) in [7, 11) is 0. The Labute approximate surface area is 109 Å². The molecule has 0 aliphatic carbocycles. The molecule has 0 N–H and O–H groups in total. The molecule has 0 bridgehead atoms. The van der Waals surface area contributed by atoms with Crippen molar-refractivity contribution in [1.82, 2.24) is 9.97 Å². The van der Waals surface area contributed by atoms with Gasteiger partial charge >= 0.3 is 6.01 Å². The molecule has 1 aromatic carbocycles. The van der Waals surface area contributed by atoms with Gasteiger partial charge in [0, 0.05) is 10.7 Å². The van der Waals surface area contributed by atoms with E-state index in [-0.39, 0.29) is 11.8 Å². The van der Waals surface area contributed by atoms with E-state index < -0.39 is 17.9 Å². The number of aromatic nitrogens is 2. The minimum absolute atomic E-state index is 0.135. The Bertz CT molecular complexity index is 566. The Morgan fingerprint density at radius 3 is 2.67 bits per heavy atom. The fourth-order valence-corrected chi connectivity index (χ4v) is 1.51. The first kappa shape index (κ1) is 12.8. The second-order valence-electron chi connectivity index (χ2n) is 3.24. The van der Waals surface area contributed by atoms with Crippen molar-refractivity contribution < 1.29 is 17.9 Å². The monoisotopic (exact) mass is 318 g/mol. The summed E-state index contributed by atoms with van der Waals surface area (Å²) in [6.45, 7) is 0. The van der Waals surface area contributed by atoms with E-state index in [4.69, 9.17) is 4.74 Å². The summed E-state index contributed by atoms with van der Waals surface area (Å²) in [6.07, 6.45) is -1.61. The van der Waals surface area contributed by atoms with Gasteiger partial charge in [0.1, 0.15) is 5.69 Å². The molecule has 2 aromatic rings. The Kier molecular flexibility index (Phi) is 3.81. The van der Waals surface area contributed by atoms with Crippen LogP contribution in [0.5, 0.6) is 11.8 Å². The Hall–Kier alpha value is -1.63. The van der Waals surface area contributed by atoms with Crippen molar-refractivity contribution >= 4 is 15.9 Å². The zero-order chi connectivity index (χ0) is 13.1. The van der Waals surface area contributed by atoms with Crippen molar-refractivity contribution in [3.63, 3.8) is 0 Å². The van der Waals surface area contributed by atoms with Crippen molar-refractivity contribution in [2.24, 2.45) is 0 Å². The predicted octanol–water partition coefficient (Wildman–Crippen LogP) is 4.11. The normalized spacial score (nSPS) is 10.7. The third-order valence-electron chi connectivity index (χ3n) is 1.97. The fourth-order valence-electron chi connectivity index (χ4n) is 1.18. The van der Waals surface area contributed by atoms with Crippen LogP contribution in [0.25, 0.3) is 0 Å². The third kappa shape index (κ3) is 2.98. The van der Waals surface area contributed by atoms with Crippen LogP contribution < -0.4 is 4.74 Å². The second-order valence-corrected chi connectivity index (χ2v) is 4.16. The number of ether oxygens (including phenoxy) is 1. The van der Waals surface area contributed by atoms with Gasteiger partial charge in [0.05, 0.1) is 0 Å². The quantitative estimate of drug-likeness (QED) is 0.854. The first-order valence-corrected chi connectivity index (χ1v) is 5.59. The molecule has 0 spiro atoms. The number of hydrogen-bond donors (Lipinski definition) is 0.